The van der Waals surface area contributed by atoms with E-state index in [0.29, 0.717) is 6.54 Å². The molecule has 6 heteroatoms. The first-order chi connectivity index (χ1) is 16.7. The van der Waals surface area contributed by atoms with E-state index in [1.165, 1.54) is 5.69 Å². The summed E-state index contributed by atoms with van der Waals surface area (Å²) in [6.07, 6.45) is 0.950. The highest BCUT2D eigenvalue weighted by Gasteiger charge is 2.22. The predicted octanol–water partition coefficient (Wildman–Crippen LogP) is 4.86. The van der Waals surface area contributed by atoms with Gasteiger partial charge in [0, 0.05) is 43.3 Å². The van der Waals surface area contributed by atoms with Crippen molar-refractivity contribution in [3.8, 4) is 5.75 Å². The fourth-order valence-corrected chi connectivity index (χ4v) is 5.24. The van der Waals surface area contributed by atoms with Crippen LogP contribution in [-0.2, 0) is 4.79 Å². The number of carbonyl (C=O) groups excluding carboxylic acids is 1. The molecule has 1 amide bonds. The van der Waals surface area contributed by atoms with Gasteiger partial charge in [0.15, 0.2) is 0 Å². The first kappa shape index (κ1) is 24.2. The van der Waals surface area contributed by atoms with Gasteiger partial charge in [0.2, 0.25) is 5.91 Å². The molecule has 0 aliphatic carbocycles. The van der Waals surface area contributed by atoms with E-state index in [9.17, 15) is 4.79 Å². The van der Waals surface area contributed by atoms with E-state index < -0.39 is 0 Å². The maximum Gasteiger partial charge on any atom is 0.237 e. The maximum absolute atomic E-state index is 13.1. The third-order valence-corrected chi connectivity index (χ3v) is 7.36. The summed E-state index contributed by atoms with van der Waals surface area (Å²) in [5.41, 5.74) is 2.28. The van der Waals surface area contributed by atoms with Gasteiger partial charge in [0.05, 0.1) is 7.11 Å². The topological polar surface area (TPSA) is 44.8 Å². The lowest BCUT2D eigenvalue weighted by Gasteiger charge is -2.36. The largest absolute Gasteiger partial charge is 0.497 e. The third kappa shape index (κ3) is 6.78. The number of hydrogen-bond donors (Lipinski definition) is 1. The molecule has 5 nitrogen and oxygen atoms in total. The van der Waals surface area contributed by atoms with Crippen molar-refractivity contribution in [2.45, 2.75) is 16.6 Å². The van der Waals surface area contributed by atoms with Crippen molar-refractivity contribution in [1.29, 1.82) is 0 Å². The van der Waals surface area contributed by atoms with Crippen molar-refractivity contribution in [1.82, 2.24) is 10.2 Å². The van der Waals surface area contributed by atoms with Crippen LogP contribution in [0.15, 0.2) is 89.8 Å². The number of methoxy groups -OCH3 is 1. The summed E-state index contributed by atoms with van der Waals surface area (Å²) < 4.78 is 5.26. The van der Waals surface area contributed by atoms with Crippen LogP contribution in [0.25, 0.3) is 0 Å². The SMILES string of the molecule is COc1ccc(N2CCN(CCCNC(=O)C(Sc3ccccc3)c3ccccc3)CC2)cc1. The second kappa shape index (κ2) is 12.5. The molecule has 4 rings (SSSR count). The molecule has 1 unspecified atom stereocenters. The van der Waals surface area contributed by atoms with Crippen molar-refractivity contribution in [2.24, 2.45) is 0 Å². The molecule has 1 saturated heterocycles. The van der Waals surface area contributed by atoms with Crippen molar-refractivity contribution < 1.29 is 9.53 Å². The zero-order chi connectivity index (χ0) is 23.6. The van der Waals surface area contributed by atoms with E-state index in [1.807, 2.05) is 60.7 Å². The molecule has 0 saturated carbocycles. The molecule has 1 aliphatic rings. The molecule has 3 aromatic rings. The molecule has 1 fully saturated rings. The first-order valence-corrected chi connectivity index (χ1v) is 12.8. The van der Waals surface area contributed by atoms with E-state index in [4.69, 9.17) is 4.74 Å². The molecule has 1 atom stereocenters. The highest BCUT2D eigenvalue weighted by atomic mass is 32.2. The van der Waals surface area contributed by atoms with E-state index in [1.54, 1.807) is 18.9 Å². The van der Waals surface area contributed by atoms with Crippen molar-refractivity contribution in [3.63, 3.8) is 0 Å². The number of thioether (sulfide) groups is 1. The van der Waals surface area contributed by atoms with E-state index in [0.717, 1.165) is 55.4 Å². The lowest BCUT2D eigenvalue weighted by molar-refractivity contribution is -0.120. The number of nitrogens with one attached hydrogen (secondary N) is 1. The number of carbonyl (C=O) groups is 1. The summed E-state index contributed by atoms with van der Waals surface area (Å²) in [6.45, 7) is 5.80. The van der Waals surface area contributed by atoms with Crippen LogP contribution < -0.4 is 15.0 Å². The van der Waals surface area contributed by atoms with Crippen molar-refractivity contribution >= 4 is 23.4 Å². The second-order valence-corrected chi connectivity index (χ2v) is 9.57. The zero-order valence-electron chi connectivity index (χ0n) is 19.7. The summed E-state index contributed by atoms with van der Waals surface area (Å²) in [5, 5.41) is 2.92. The Morgan fingerprint density at radius 1 is 0.912 bits per heavy atom. The molecule has 1 N–H and O–H groups in total. The van der Waals surface area contributed by atoms with Crippen LogP contribution in [0.1, 0.15) is 17.2 Å². The van der Waals surface area contributed by atoms with Gasteiger partial charge >= 0.3 is 0 Å². The average Bonchev–Trinajstić information content (AvgIpc) is 2.91. The molecule has 1 aliphatic heterocycles. The van der Waals surface area contributed by atoms with Crippen LogP contribution in [0.4, 0.5) is 5.69 Å². The first-order valence-electron chi connectivity index (χ1n) is 11.9. The maximum atomic E-state index is 13.1. The normalized spacial score (nSPS) is 15.0. The molecular formula is C28H33N3O2S. The quantitative estimate of drug-likeness (QED) is 0.335. The predicted molar refractivity (Wildman–Crippen MR) is 141 cm³/mol. The molecule has 34 heavy (non-hydrogen) atoms. The Labute approximate surface area is 207 Å². The minimum absolute atomic E-state index is 0.0735. The van der Waals surface area contributed by atoms with Crippen molar-refractivity contribution in [2.75, 3.05) is 51.3 Å². The van der Waals surface area contributed by atoms with E-state index in [2.05, 4.69) is 39.4 Å². The van der Waals surface area contributed by atoms with Gasteiger partial charge < -0.3 is 15.0 Å². The number of anilines is 1. The van der Waals surface area contributed by atoms with Gasteiger partial charge in [-0.15, -0.1) is 11.8 Å². The Bertz CT molecular complexity index is 1010. The Hall–Kier alpha value is -2.96. The lowest BCUT2D eigenvalue weighted by Crippen LogP contribution is -2.47. The number of rotatable bonds is 10. The second-order valence-electron chi connectivity index (χ2n) is 8.39. The summed E-state index contributed by atoms with van der Waals surface area (Å²) in [7, 11) is 1.69. The monoisotopic (exact) mass is 475 g/mol. The molecule has 0 aromatic heterocycles. The summed E-state index contributed by atoms with van der Waals surface area (Å²) >= 11 is 1.60. The zero-order valence-corrected chi connectivity index (χ0v) is 20.5. The minimum Gasteiger partial charge on any atom is -0.497 e. The average molecular weight is 476 g/mol. The molecule has 1 heterocycles. The summed E-state index contributed by atoms with van der Waals surface area (Å²) in [5.74, 6) is 0.963. The smallest absolute Gasteiger partial charge is 0.237 e. The Morgan fingerprint density at radius 2 is 1.56 bits per heavy atom. The van der Waals surface area contributed by atoms with Crippen LogP contribution >= 0.6 is 11.8 Å². The number of nitrogens with zero attached hydrogens (tertiary/aromatic N) is 2. The number of benzene rings is 3. The van der Waals surface area contributed by atoms with Crippen LogP contribution in [0, 0.1) is 0 Å². The number of amides is 1. The van der Waals surface area contributed by atoms with Gasteiger partial charge in [-0.1, -0.05) is 48.5 Å². The third-order valence-electron chi connectivity index (χ3n) is 6.10. The van der Waals surface area contributed by atoms with E-state index in [-0.39, 0.29) is 11.2 Å². The molecular weight excluding hydrogens is 442 g/mol. The van der Waals surface area contributed by atoms with Gasteiger partial charge in [-0.25, -0.2) is 0 Å². The van der Waals surface area contributed by atoms with Crippen LogP contribution in [-0.4, -0.2) is 57.2 Å². The minimum atomic E-state index is -0.253. The molecule has 0 bridgehead atoms. The molecule has 0 spiro atoms. The summed E-state index contributed by atoms with van der Waals surface area (Å²) in [4.78, 5) is 19.1. The Balaban J connectivity index is 1.22. The van der Waals surface area contributed by atoms with Gasteiger partial charge in [-0.3, -0.25) is 9.69 Å². The highest BCUT2D eigenvalue weighted by Crippen LogP contribution is 2.35. The van der Waals surface area contributed by atoms with Crippen LogP contribution in [0.2, 0.25) is 0 Å². The van der Waals surface area contributed by atoms with Crippen LogP contribution in [0.5, 0.6) is 5.75 Å². The Morgan fingerprint density at radius 3 is 2.21 bits per heavy atom. The van der Waals surface area contributed by atoms with Gasteiger partial charge in [0.1, 0.15) is 11.0 Å². The Kier molecular flexibility index (Phi) is 8.88. The van der Waals surface area contributed by atoms with Gasteiger partial charge in [0.25, 0.3) is 0 Å². The van der Waals surface area contributed by atoms with Crippen molar-refractivity contribution in [3.05, 3.63) is 90.5 Å². The number of ether oxygens (including phenoxy) is 1. The number of hydrogen-bond acceptors (Lipinski definition) is 5. The number of piperazine rings is 1. The summed E-state index contributed by atoms with van der Waals surface area (Å²) in [6, 6.07) is 28.4. The van der Waals surface area contributed by atoms with E-state index >= 15 is 0 Å². The van der Waals surface area contributed by atoms with Gasteiger partial charge in [-0.2, -0.15) is 0 Å². The molecule has 0 radical (unpaired) electrons. The molecule has 178 valence electrons. The van der Waals surface area contributed by atoms with Crippen LogP contribution in [0.3, 0.4) is 0 Å². The lowest BCUT2D eigenvalue weighted by atomic mass is 10.1. The highest BCUT2D eigenvalue weighted by molar-refractivity contribution is 8.00. The molecule has 3 aromatic carbocycles. The fourth-order valence-electron chi connectivity index (χ4n) is 4.17. The standard InChI is InChI=1S/C28H33N3O2S/c1-33-25-15-13-24(14-16-25)31-21-19-30(20-22-31)18-8-17-29-28(32)27(23-9-4-2-5-10-23)34-26-11-6-3-7-12-26/h2-7,9-16,27H,8,17-22H2,1H3,(H,29,32). The van der Waals surface area contributed by atoms with Gasteiger partial charge in [-0.05, 0) is 54.9 Å². The fraction of sp³-hybridized carbons (Fsp3) is 0.321.